The molecule has 0 aromatic heterocycles. The van der Waals surface area contributed by atoms with Crippen molar-refractivity contribution in [3.8, 4) is 5.75 Å². The summed E-state index contributed by atoms with van der Waals surface area (Å²) in [7, 11) is 1.63. The number of hydrogen-bond donors (Lipinski definition) is 1. The van der Waals surface area contributed by atoms with Crippen LogP contribution in [-0.4, -0.2) is 20.3 Å². The summed E-state index contributed by atoms with van der Waals surface area (Å²) in [4.78, 5) is 0. The maximum Gasteiger partial charge on any atom is 0.124 e. The molecule has 2 aromatic rings. The number of hydrogen-bond acceptors (Lipinski definition) is 3. The van der Waals surface area contributed by atoms with Crippen molar-refractivity contribution in [3.63, 3.8) is 0 Å². The quantitative estimate of drug-likeness (QED) is 0.814. The van der Waals surface area contributed by atoms with Crippen LogP contribution in [0.4, 0.5) is 0 Å². The summed E-state index contributed by atoms with van der Waals surface area (Å²) in [5.74, 6) is 0.707. The number of benzene rings is 2. The van der Waals surface area contributed by atoms with Gasteiger partial charge in [0.2, 0.25) is 0 Å². The van der Waals surface area contributed by atoms with Gasteiger partial charge in [-0.15, -0.1) is 0 Å². The Morgan fingerprint density at radius 3 is 2.33 bits per heavy atom. The summed E-state index contributed by atoms with van der Waals surface area (Å²) in [5, 5.41) is 1.09. The molecule has 5 heteroatoms. The van der Waals surface area contributed by atoms with E-state index >= 15 is 0 Å². The first kappa shape index (κ1) is 16.1. The molecule has 21 heavy (non-hydrogen) atoms. The van der Waals surface area contributed by atoms with E-state index < -0.39 is 6.04 Å². The first-order chi connectivity index (χ1) is 10.1. The Morgan fingerprint density at radius 1 is 1.00 bits per heavy atom. The van der Waals surface area contributed by atoms with Crippen molar-refractivity contribution >= 4 is 23.2 Å². The van der Waals surface area contributed by atoms with E-state index in [1.165, 1.54) is 0 Å². The highest BCUT2D eigenvalue weighted by Gasteiger charge is 2.19. The second-order valence-electron chi connectivity index (χ2n) is 4.49. The molecule has 0 heterocycles. The third-order valence-corrected chi connectivity index (χ3v) is 3.77. The van der Waals surface area contributed by atoms with Crippen molar-refractivity contribution < 1.29 is 9.47 Å². The highest BCUT2D eigenvalue weighted by molar-refractivity contribution is 6.36. The van der Waals surface area contributed by atoms with Gasteiger partial charge in [0.1, 0.15) is 12.4 Å². The van der Waals surface area contributed by atoms with Gasteiger partial charge in [-0.3, -0.25) is 0 Å². The molecule has 1 unspecified atom stereocenters. The van der Waals surface area contributed by atoms with Crippen molar-refractivity contribution in [2.75, 3.05) is 20.3 Å². The molecule has 0 bridgehead atoms. The Kier molecular flexibility index (Phi) is 5.88. The van der Waals surface area contributed by atoms with Gasteiger partial charge in [-0.05, 0) is 18.2 Å². The SMILES string of the molecule is COCCOc1ccccc1C(N)c1c(Cl)cccc1Cl. The molecule has 0 saturated carbocycles. The van der Waals surface area contributed by atoms with Crippen molar-refractivity contribution in [2.24, 2.45) is 5.73 Å². The van der Waals surface area contributed by atoms with Crippen LogP contribution in [0, 0.1) is 0 Å². The predicted molar refractivity (Wildman–Crippen MR) is 86.3 cm³/mol. The van der Waals surface area contributed by atoms with Gasteiger partial charge in [0.15, 0.2) is 0 Å². The lowest BCUT2D eigenvalue weighted by molar-refractivity contribution is 0.145. The smallest absolute Gasteiger partial charge is 0.124 e. The molecule has 2 aromatic carbocycles. The lowest BCUT2D eigenvalue weighted by Gasteiger charge is -2.19. The zero-order valence-electron chi connectivity index (χ0n) is 11.7. The highest BCUT2D eigenvalue weighted by atomic mass is 35.5. The van der Waals surface area contributed by atoms with Crippen molar-refractivity contribution in [1.29, 1.82) is 0 Å². The summed E-state index contributed by atoms with van der Waals surface area (Å²) >= 11 is 12.5. The number of nitrogens with two attached hydrogens (primary N) is 1. The molecule has 0 spiro atoms. The predicted octanol–water partition coefficient (Wildman–Crippen LogP) is 4.07. The minimum absolute atomic E-state index is 0.454. The highest BCUT2D eigenvalue weighted by Crippen LogP contribution is 2.35. The molecule has 2 N–H and O–H groups in total. The largest absolute Gasteiger partial charge is 0.491 e. The molecule has 0 saturated heterocycles. The number of para-hydroxylation sites is 1. The van der Waals surface area contributed by atoms with E-state index in [4.69, 9.17) is 38.4 Å². The fraction of sp³-hybridized carbons (Fsp3) is 0.250. The van der Waals surface area contributed by atoms with E-state index in [0.717, 1.165) is 5.56 Å². The van der Waals surface area contributed by atoms with Crippen LogP contribution in [0.15, 0.2) is 42.5 Å². The molecule has 0 aliphatic rings. The fourth-order valence-electron chi connectivity index (χ4n) is 2.07. The molecule has 0 amide bonds. The van der Waals surface area contributed by atoms with Gasteiger partial charge >= 0.3 is 0 Å². The van der Waals surface area contributed by atoms with Crippen LogP contribution in [0.2, 0.25) is 10.0 Å². The third kappa shape index (κ3) is 3.89. The maximum atomic E-state index is 6.34. The molecular weight excluding hydrogens is 309 g/mol. The molecule has 2 rings (SSSR count). The Morgan fingerprint density at radius 2 is 1.67 bits per heavy atom. The van der Waals surface area contributed by atoms with E-state index in [1.54, 1.807) is 25.3 Å². The second kappa shape index (κ2) is 7.66. The molecule has 3 nitrogen and oxygen atoms in total. The maximum absolute atomic E-state index is 6.34. The Balaban J connectivity index is 2.32. The lowest BCUT2D eigenvalue weighted by atomic mass is 9.98. The van der Waals surface area contributed by atoms with E-state index in [-0.39, 0.29) is 0 Å². The Hall–Kier alpha value is -1.26. The monoisotopic (exact) mass is 325 g/mol. The minimum atomic E-state index is -0.454. The van der Waals surface area contributed by atoms with Gasteiger partial charge in [-0.25, -0.2) is 0 Å². The van der Waals surface area contributed by atoms with E-state index in [1.807, 2.05) is 24.3 Å². The Labute approximate surface area is 134 Å². The summed E-state index contributed by atoms with van der Waals surface area (Å²) < 4.78 is 10.7. The molecule has 0 aliphatic carbocycles. The van der Waals surface area contributed by atoms with Crippen LogP contribution >= 0.6 is 23.2 Å². The zero-order valence-corrected chi connectivity index (χ0v) is 13.2. The molecule has 0 aliphatic heterocycles. The standard InChI is InChI=1S/C16H17Cl2NO2/c1-20-9-10-21-14-8-3-2-5-11(14)16(19)15-12(17)6-4-7-13(15)18/h2-8,16H,9-10,19H2,1H3. The first-order valence-corrected chi connectivity index (χ1v) is 7.31. The molecule has 0 radical (unpaired) electrons. The van der Waals surface area contributed by atoms with Gasteiger partial charge in [0.05, 0.1) is 12.6 Å². The average molecular weight is 326 g/mol. The van der Waals surface area contributed by atoms with Crippen LogP contribution in [0.25, 0.3) is 0 Å². The van der Waals surface area contributed by atoms with Gasteiger partial charge in [-0.2, -0.15) is 0 Å². The molecular formula is C16H17Cl2NO2. The summed E-state index contributed by atoms with van der Waals surface area (Å²) in [5.41, 5.74) is 7.88. The number of rotatable bonds is 6. The topological polar surface area (TPSA) is 44.5 Å². The van der Waals surface area contributed by atoms with Crippen molar-refractivity contribution in [3.05, 3.63) is 63.6 Å². The van der Waals surface area contributed by atoms with Crippen molar-refractivity contribution in [2.45, 2.75) is 6.04 Å². The third-order valence-electron chi connectivity index (χ3n) is 3.11. The van der Waals surface area contributed by atoms with Crippen LogP contribution in [0.1, 0.15) is 17.2 Å². The Bertz CT molecular complexity index is 584. The summed E-state index contributed by atoms with van der Waals surface area (Å²) in [6, 6.07) is 12.5. The summed E-state index contributed by atoms with van der Waals surface area (Å²) in [6.45, 7) is 0.965. The lowest BCUT2D eigenvalue weighted by Crippen LogP contribution is -2.15. The van der Waals surface area contributed by atoms with E-state index in [2.05, 4.69) is 0 Å². The van der Waals surface area contributed by atoms with Crippen molar-refractivity contribution in [1.82, 2.24) is 0 Å². The van der Waals surface area contributed by atoms with Crippen LogP contribution in [0.3, 0.4) is 0 Å². The number of methoxy groups -OCH3 is 1. The normalized spacial score (nSPS) is 12.2. The first-order valence-electron chi connectivity index (χ1n) is 6.55. The minimum Gasteiger partial charge on any atom is -0.491 e. The number of ether oxygens (including phenoxy) is 2. The van der Waals surface area contributed by atoms with E-state index in [9.17, 15) is 0 Å². The zero-order chi connectivity index (χ0) is 15.2. The fourth-order valence-corrected chi connectivity index (χ4v) is 2.70. The van der Waals surface area contributed by atoms with Crippen LogP contribution < -0.4 is 10.5 Å². The van der Waals surface area contributed by atoms with Gasteiger partial charge < -0.3 is 15.2 Å². The van der Waals surface area contributed by atoms with Gasteiger partial charge in [-0.1, -0.05) is 47.5 Å². The number of halogens is 2. The average Bonchev–Trinajstić information content (AvgIpc) is 2.47. The summed E-state index contributed by atoms with van der Waals surface area (Å²) in [6.07, 6.45) is 0. The van der Waals surface area contributed by atoms with E-state index in [0.29, 0.717) is 34.6 Å². The van der Waals surface area contributed by atoms with Gasteiger partial charge in [0.25, 0.3) is 0 Å². The molecule has 112 valence electrons. The molecule has 0 fully saturated rings. The van der Waals surface area contributed by atoms with Crippen LogP contribution in [-0.2, 0) is 4.74 Å². The molecule has 1 atom stereocenters. The van der Waals surface area contributed by atoms with Gasteiger partial charge in [0, 0.05) is 28.3 Å². The van der Waals surface area contributed by atoms with Crippen LogP contribution in [0.5, 0.6) is 5.75 Å². The second-order valence-corrected chi connectivity index (χ2v) is 5.31.